The Kier molecular flexibility index (Phi) is 4.55. The van der Waals surface area contributed by atoms with E-state index in [4.69, 9.17) is 0 Å². The number of fused-ring (bicyclic) bond motifs is 1. The van der Waals surface area contributed by atoms with Crippen LogP contribution in [0.4, 0.5) is 11.4 Å². The highest BCUT2D eigenvalue weighted by Gasteiger charge is 2.27. The average molecular weight is 315 g/mol. The van der Waals surface area contributed by atoms with Crippen LogP contribution in [0.3, 0.4) is 0 Å². The maximum atomic E-state index is 12.3. The van der Waals surface area contributed by atoms with Crippen LogP contribution in [0.5, 0.6) is 0 Å². The molecule has 1 fully saturated rings. The minimum absolute atomic E-state index is 0.0282. The molecule has 3 rings (SSSR count). The highest BCUT2D eigenvalue weighted by molar-refractivity contribution is 6.05. The minimum Gasteiger partial charge on any atom is -0.372 e. The Morgan fingerprint density at radius 2 is 2.00 bits per heavy atom. The maximum Gasteiger partial charge on any atom is 0.251 e. The van der Waals surface area contributed by atoms with Crippen LogP contribution < -0.4 is 16.0 Å². The zero-order chi connectivity index (χ0) is 16.4. The molecule has 1 saturated carbocycles. The molecule has 5 nitrogen and oxygen atoms in total. The van der Waals surface area contributed by atoms with Crippen LogP contribution in [0.1, 0.15) is 56.3 Å². The zero-order valence-corrected chi connectivity index (χ0v) is 13.8. The van der Waals surface area contributed by atoms with E-state index in [1.54, 1.807) is 6.07 Å². The van der Waals surface area contributed by atoms with E-state index in [1.807, 2.05) is 12.1 Å². The topological polar surface area (TPSA) is 70.2 Å². The lowest BCUT2D eigenvalue weighted by molar-refractivity contribution is -0.117. The molecule has 5 heteroatoms. The largest absolute Gasteiger partial charge is 0.372 e. The summed E-state index contributed by atoms with van der Waals surface area (Å²) in [6, 6.07) is 5.55. The Labute approximate surface area is 137 Å². The summed E-state index contributed by atoms with van der Waals surface area (Å²) >= 11 is 0. The first-order valence-electron chi connectivity index (χ1n) is 8.55. The van der Waals surface area contributed by atoms with Gasteiger partial charge < -0.3 is 16.0 Å². The Balaban J connectivity index is 1.71. The molecule has 1 heterocycles. The standard InChI is InChI=1S/C18H25N3O2/c1-11(2)9-16-18(23)21-15-10-12(7-8-14(15)20-16)17(22)19-13-5-3-4-6-13/h7-8,10-11,13,16,20H,3-6,9H2,1-2H3,(H,19,22)(H,21,23). The molecule has 1 aromatic carbocycles. The highest BCUT2D eigenvalue weighted by Crippen LogP contribution is 2.29. The van der Waals surface area contributed by atoms with Gasteiger partial charge in [0.05, 0.1) is 11.4 Å². The third-order valence-corrected chi connectivity index (χ3v) is 4.58. The van der Waals surface area contributed by atoms with Crippen molar-refractivity contribution < 1.29 is 9.59 Å². The van der Waals surface area contributed by atoms with Gasteiger partial charge in [0.1, 0.15) is 6.04 Å². The number of hydrogen-bond donors (Lipinski definition) is 3. The predicted octanol–water partition coefficient (Wildman–Crippen LogP) is 3.14. The molecule has 1 unspecified atom stereocenters. The van der Waals surface area contributed by atoms with Gasteiger partial charge in [-0.2, -0.15) is 0 Å². The Hall–Kier alpha value is -2.04. The second-order valence-electron chi connectivity index (χ2n) is 7.03. The zero-order valence-electron chi connectivity index (χ0n) is 13.8. The molecule has 0 aromatic heterocycles. The van der Waals surface area contributed by atoms with Crippen molar-refractivity contribution in [3.8, 4) is 0 Å². The van der Waals surface area contributed by atoms with Crippen molar-refractivity contribution in [1.82, 2.24) is 5.32 Å². The van der Waals surface area contributed by atoms with Gasteiger partial charge in [0.15, 0.2) is 0 Å². The molecule has 2 amide bonds. The first-order chi connectivity index (χ1) is 11.0. The number of nitrogens with one attached hydrogen (secondary N) is 3. The van der Waals surface area contributed by atoms with E-state index in [2.05, 4.69) is 29.8 Å². The van der Waals surface area contributed by atoms with Crippen molar-refractivity contribution in [3.05, 3.63) is 23.8 Å². The van der Waals surface area contributed by atoms with Crippen LogP contribution in [0.15, 0.2) is 18.2 Å². The Morgan fingerprint density at radius 1 is 1.26 bits per heavy atom. The summed E-state index contributed by atoms with van der Waals surface area (Å²) < 4.78 is 0. The molecule has 23 heavy (non-hydrogen) atoms. The number of hydrogen-bond acceptors (Lipinski definition) is 3. The second kappa shape index (κ2) is 6.60. The number of anilines is 2. The summed E-state index contributed by atoms with van der Waals surface area (Å²) in [5.41, 5.74) is 2.17. The van der Waals surface area contributed by atoms with Gasteiger partial charge in [-0.25, -0.2) is 0 Å². The van der Waals surface area contributed by atoms with Crippen molar-refractivity contribution in [3.63, 3.8) is 0 Å². The van der Waals surface area contributed by atoms with Crippen molar-refractivity contribution >= 4 is 23.2 Å². The van der Waals surface area contributed by atoms with Gasteiger partial charge in [0.25, 0.3) is 5.91 Å². The van der Waals surface area contributed by atoms with Crippen molar-refractivity contribution in [1.29, 1.82) is 0 Å². The summed E-state index contributed by atoms with van der Waals surface area (Å²) in [6.45, 7) is 4.20. The fourth-order valence-electron chi connectivity index (χ4n) is 3.36. The van der Waals surface area contributed by atoms with Crippen LogP contribution in [0, 0.1) is 5.92 Å². The smallest absolute Gasteiger partial charge is 0.251 e. The fraction of sp³-hybridized carbons (Fsp3) is 0.556. The molecule has 0 radical (unpaired) electrons. The Morgan fingerprint density at radius 3 is 2.70 bits per heavy atom. The van der Waals surface area contributed by atoms with Gasteiger partial charge in [0.2, 0.25) is 5.91 Å². The first kappa shape index (κ1) is 15.8. The molecule has 1 aromatic rings. The van der Waals surface area contributed by atoms with E-state index < -0.39 is 0 Å². The van der Waals surface area contributed by atoms with Crippen molar-refractivity contribution in [2.45, 2.75) is 58.0 Å². The van der Waals surface area contributed by atoms with Gasteiger partial charge in [-0.3, -0.25) is 9.59 Å². The molecule has 1 aliphatic carbocycles. The van der Waals surface area contributed by atoms with Gasteiger partial charge in [0, 0.05) is 11.6 Å². The van der Waals surface area contributed by atoms with Gasteiger partial charge >= 0.3 is 0 Å². The summed E-state index contributed by atoms with van der Waals surface area (Å²) in [5.74, 6) is 0.356. The third kappa shape index (κ3) is 3.66. The van der Waals surface area contributed by atoms with Crippen LogP contribution in [-0.2, 0) is 4.79 Å². The predicted molar refractivity (Wildman–Crippen MR) is 91.7 cm³/mol. The summed E-state index contributed by atoms with van der Waals surface area (Å²) in [7, 11) is 0. The molecule has 3 N–H and O–H groups in total. The van der Waals surface area contributed by atoms with Crippen molar-refractivity contribution in [2.24, 2.45) is 5.92 Å². The Bertz CT molecular complexity index is 606. The van der Waals surface area contributed by atoms with E-state index >= 15 is 0 Å². The minimum atomic E-state index is -0.208. The van der Waals surface area contributed by atoms with E-state index in [1.165, 1.54) is 12.8 Å². The second-order valence-corrected chi connectivity index (χ2v) is 7.03. The fourth-order valence-corrected chi connectivity index (χ4v) is 3.36. The van der Waals surface area contributed by atoms with E-state index in [0.29, 0.717) is 23.2 Å². The third-order valence-electron chi connectivity index (χ3n) is 4.58. The molecule has 2 aliphatic rings. The molecule has 0 bridgehead atoms. The SMILES string of the molecule is CC(C)CC1Nc2ccc(C(=O)NC3CCCC3)cc2NC1=O. The molecular weight excluding hydrogens is 290 g/mol. The molecule has 1 atom stereocenters. The van der Waals surface area contributed by atoms with Crippen LogP contribution in [-0.4, -0.2) is 23.9 Å². The van der Waals surface area contributed by atoms with Crippen LogP contribution >= 0.6 is 0 Å². The average Bonchev–Trinajstić information content (AvgIpc) is 3.00. The lowest BCUT2D eigenvalue weighted by Gasteiger charge is -2.28. The summed E-state index contributed by atoms with van der Waals surface area (Å²) in [5, 5.41) is 9.27. The van der Waals surface area contributed by atoms with Crippen LogP contribution in [0.2, 0.25) is 0 Å². The van der Waals surface area contributed by atoms with E-state index in [0.717, 1.165) is 24.9 Å². The summed E-state index contributed by atoms with van der Waals surface area (Å²) in [6.07, 6.45) is 5.28. The number of benzene rings is 1. The molecular formula is C18H25N3O2. The maximum absolute atomic E-state index is 12.3. The molecule has 0 spiro atoms. The number of amides is 2. The van der Waals surface area contributed by atoms with E-state index in [9.17, 15) is 9.59 Å². The number of rotatable bonds is 4. The highest BCUT2D eigenvalue weighted by atomic mass is 16.2. The molecule has 1 aliphatic heterocycles. The van der Waals surface area contributed by atoms with Crippen molar-refractivity contribution in [2.75, 3.05) is 10.6 Å². The number of carbonyl (C=O) groups is 2. The lowest BCUT2D eigenvalue weighted by Crippen LogP contribution is -2.40. The quantitative estimate of drug-likeness (QED) is 0.799. The van der Waals surface area contributed by atoms with Gasteiger partial charge in [-0.05, 0) is 43.4 Å². The van der Waals surface area contributed by atoms with Gasteiger partial charge in [-0.1, -0.05) is 26.7 Å². The van der Waals surface area contributed by atoms with Crippen LogP contribution in [0.25, 0.3) is 0 Å². The molecule has 0 saturated heterocycles. The normalized spacial score (nSPS) is 20.8. The first-order valence-corrected chi connectivity index (χ1v) is 8.55. The summed E-state index contributed by atoms with van der Waals surface area (Å²) in [4.78, 5) is 24.5. The van der Waals surface area contributed by atoms with Gasteiger partial charge in [-0.15, -0.1) is 0 Å². The lowest BCUT2D eigenvalue weighted by atomic mass is 10.00. The van der Waals surface area contributed by atoms with E-state index in [-0.39, 0.29) is 17.9 Å². The molecule has 124 valence electrons. The monoisotopic (exact) mass is 315 g/mol. The number of carbonyl (C=O) groups excluding carboxylic acids is 2.